The maximum Gasteiger partial charge on any atom is 0.331 e. The molecule has 1 aliphatic carbocycles. The zero-order valence-corrected chi connectivity index (χ0v) is 7.76. The van der Waals surface area contributed by atoms with Gasteiger partial charge in [-0.1, -0.05) is 19.4 Å². The van der Waals surface area contributed by atoms with E-state index in [1.54, 1.807) is 0 Å². The Labute approximate surface area is 73.3 Å². The average Bonchev–Trinajstić information content (AvgIpc) is 2.37. The zero-order chi connectivity index (χ0) is 9.14. The van der Waals surface area contributed by atoms with Crippen molar-refractivity contribution in [1.29, 1.82) is 0 Å². The van der Waals surface area contributed by atoms with E-state index >= 15 is 0 Å². The van der Waals surface area contributed by atoms with Crippen LogP contribution in [0.15, 0.2) is 11.1 Å². The van der Waals surface area contributed by atoms with Crippen molar-refractivity contribution >= 4 is 5.97 Å². The first kappa shape index (κ1) is 9.30. The highest BCUT2D eigenvalue weighted by Crippen LogP contribution is 2.32. The van der Waals surface area contributed by atoms with Crippen LogP contribution in [-0.4, -0.2) is 11.1 Å². The number of aliphatic carboxylic acids is 1. The smallest absolute Gasteiger partial charge is 0.331 e. The van der Waals surface area contributed by atoms with Crippen molar-refractivity contribution in [2.24, 2.45) is 5.92 Å². The predicted molar refractivity (Wildman–Crippen MR) is 48.0 cm³/mol. The van der Waals surface area contributed by atoms with Crippen LogP contribution in [0.1, 0.15) is 39.5 Å². The van der Waals surface area contributed by atoms with E-state index in [1.165, 1.54) is 5.57 Å². The third-order valence-corrected chi connectivity index (χ3v) is 2.57. The highest BCUT2D eigenvalue weighted by Gasteiger charge is 2.20. The van der Waals surface area contributed by atoms with E-state index in [4.69, 9.17) is 5.11 Å². The molecule has 1 rings (SSSR count). The molecule has 1 N–H and O–H groups in total. The Bertz CT molecular complexity index is 216. The Morgan fingerprint density at radius 2 is 2.33 bits per heavy atom. The van der Waals surface area contributed by atoms with E-state index in [0.29, 0.717) is 17.9 Å². The lowest BCUT2D eigenvalue weighted by molar-refractivity contribution is -0.132. The highest BCUT2D eigenvalue weighted by molar-refractivity contribution is 5.87. The summed E-state index contributed by atoms with van der Waals surface area (Å²) >= 11 is 0. The van der Waals surface area contributed by atoms with E-state index in [9.17, 15) is 4.79 Å². The minimum Gasteiger partial charge on any atom is -0.478 e. The molecule has 2 heteroatoms. The van der Waals surface area contributed by atoms with Crippen LogP contribution in [0.2, 0.25) is 0 Å². The van der Waals surface area contributed by atoms with Gasteiger partial charge in [0.1, 0.15) is 0 Å². The third-order valence-electron chi connectivity index (χ3n) is 2.57. The third kappa shape index (κ3) is 1.87. The fourth-order valence-corrected chi connectivity index (χ4v) is 1.87. The van der Waals surface area contributed by atoms with Gasteiger partial charge in [-0.05, 0) is 31.6 Å². The molecular weight excluding hydrogens is 152 g/mol. The average molecular weight is 168 g/mol. The molecule has 0 saturated heterocycles. The highest BCUT2D eigenvalue weighted by atomic mass is 16.4. The van der Waals surface area contributed by atoms with Crippen LogP contribution in [-0.2, 0) is 4.79 Å². The number of hydrogen-bond donors (Lipinski definition) is 1. The van der Waals surface area contributed by atoms with Crippen LogP contribution < -0.4 is 0 Å². The van der Waals surface area contributed by atoms with Gasteiger partial charge in [-0.25, -0.2) is 4.79 Å². The minimum absolute atomic E-state index is 0.652. The Balaban J connectivity index is 2.79. The van der Waals surface area contributed by atoms with Gasteiger partial charge >= 0.3 is 5.97 Å². The Morgan fingerprint density at radius 1 is 1.67 bits per heavy atom. The summed E-state index contributed by atoms with van der Waals surface area (Å²) in [7, 11) is 0. The second kappa shape index (κ2) is 3.74. The molecular formula is C10H16O2. The second-order valence-corrected chi connectivity index (χ2v) is 3.59. The minimum atomic E-state index is -0.721. The summed E-state index contributed by atoms with van der Waals surface area (Å²) in [6.45, 7) is 4.10. The topological polar surface area (TPSA) is 37.3 Å². The molecule has 0 aromatic carbocycles. The predicted octanol–water partition coefficient (Wildman–Crippen LogP) is 2.60. The maximum absolute atomic E-state index is 10.8. The van der Waals surface area contributed by atoms with Gasteiger partial charge in [0.2, 0.25) is 0 Å². The molecule has 2 nitrogen and oxygen atoms in total. The van der Waals surface area contributed by atoms with Crippen LogP contribution >= 0.6 is 0 Å². The number of carboxylic acid groups (broad SMARTS) is 1. The molecule has 0 bridgehead atoms. The van der Waals surface area contributed by atoms with Crippen molar-refractivity contribution in [2.75, 3.05) is 0 Å². The van der Waals surface area contributed by atoms with Crippen molar-refractivity contribution in [2.45, 2.75) is 39.5 Å². The summed E-state index contributed by atoms with van der Waals surface area (Å²) in [5, 5.41) is 8.86. The molecule has 1 unspecified atom stereocenters. The quantitative estimate of drug-likeness (QED) is 0.643. The first-order valence-corrected chi connectivity index (χ1v) is 4.59. The van der Waals surface area contributed by atoms with Crippen molar-refractivity contribution in [3.8, 4) is 0 Å². The van der Waals surface area contributed by atoms with Crippen LogP contribution in [0.5, 0.6) is 0 Å². The molecule has 1 atom stereocenters. The largest absolute Gasteiger partial charge is 0.478 e. The van der Waals surface area contributed by atoms with Gasteiger partial charge in [-0.3, -0.25) is 0 Å². The molecule has 0 amide bonds. The first-order chi connectivity index (χ1) is 5.65. The van der Waals surface area contributed by atoms with Gasteiger partial charge in [0, 0.05) is 5.57 Å². The maximum atomic E-state index is 10.8. The summed E-state index contributed by atoms with van der Waals surface area (Å²) in [5.41, 5.74) is 1.83. The molecule has 0 aliphatic heterocycles. The zero-order valence-electron chi connectivity index (χ0n) is 7.76. The van der Waals surface area contributed by atoms with Crippen LogP contribution in [0.3, 0.4) is 0 Å². The van der Waals surface area contributed by atoms with Crippen molar-refractivity contribution < 1.29 is 9.90 Å². The molecule has 0 spiro atoms. The summed E-state index contributed by atoms with van der Waals surface area (Å²) in [4.78, 5) is 10.8. The standard InChI is InChI=1S/C10H16O2/c1-3-9(10(11)12)8-5-4-7(2)6-8/h7H,3-6H2,1-2H3,(H,11,12)/b9-8-. The van der Waals surface area contributed by atoms with Crippen LogP contribution in [0, 0.1) is 5.92 Å². The number of rotatable bonds is 2. The SMILES string of the molecule is CC/C(C(=O)O)=C1\CCC(C)C1. The van der Waals surface area contributed by atoms with Gasteiger partial charge in [0.15, 0.2) is 0 Å². The summed E-state index contributed by atoms with van der Waals surface area (Å²) < 4.78 is 0. The Kier molecular flexibility index (Phi) is 2.90. The molecule has 1 saturated carbocycles. The lowest BCUT2D eigenvalue weighted by Crippen LogP contribution is -2.02. The molecule has 0 aromatic rings. The lowest BCUT2D eigenvalue weighted by Gasteiger charge is -2.03. The van der Waals surface area contributed by atoms with E-state index in [2.05, 4.69) is 6.92 Å². The summed E-state index contributed by atoms with van der Waals surface area (Å²) in [6, 6.07) is 0. The normalized spacial score (nSPS) is 27.3. The van der Waals surface area contributed by atoms with Crippen molar-refractivity contribution in [1.82, 2.24) is 0 Å². The van der Waals surface area contributed by atoms with E-state index in [0.717, 1.165) is 19.3 Å². The molecule has 12 heavy (non-hydrogen) atoms. The summed E-state index contributed by atoms with van der Waals surface area (Å²) in [5.74, 6) is -0.0394. The molecule has 68 valence electrons. The van der Waals surface area contributed by atoms with E-state index in [1.807, 2.05) is 6.92 Å². The van der Waals surface area contributed by atoms with Crippen molar-refractivity contribution in [3.05, 3.63) is 11.1 Å². The monoisotopic (exact) mass is 168 g/mol. The van der Waals surface area contributed by atoms with Gasteiger partial charge < -0.3 is 5.11 Å². The molecule has 0 aromatic heterocycles. The number of allylic oxidation sites excluding steroid dienone is 1. The van der Waals surface area contributed by atoms with Crippen LogP contribution in [0.4, 0.5) is 0 Å². The lowest BCUT2D eigenvalue weighted by atomic mass is 10.0. The molecule has 0 heterocycles. The van der Waals surface area contributed by atoms with E-state index < -0.39 is 5.97 Å². The summed E-state index contributed by atoms with van der Waals surface area (Å²) in [6.07, 6.45) is 3.82. The van der Waals surface area contributed by atoms with Gasteiger partial charge in [-0.2, -0.15) is 0 Å². The molecule has 1 fully saturated rings. The van der Waals surface area contributed by atoms with Gasteiger partial charge in [0.05, 0.1) is 0 Å². The molecule has 0 radical (unpaired) electrons. The fourth-order valence-electron chi connectivity index (χ4n) is 1.87. The number of carboxylic acids is 1. The van der Waals surface area contributed by atoms with Gasteiger partial charge in [0.25, 0.3) is 0 Å². The fraction of sp³-hybridized carbons (Fsp3) is 0.700. The number of carbonyl (C=O) groups is 1. The van der Waals surface area contributed by atoms with Gasteiger partial charge in [-0.15, -0.1) is 0 Å². The first-order valence-electron chi connectivity index (χ1n) is 4.59. The Morgan fingerprint density at radius 3 is 2.67 bits per heavy atom. The Hall–Kier alpha value is -0.790. The van der Waals surface area contributed by atoms with Crippen molar-refractivity contribution in [3.63, 3.8) is 0 Å². The van der Waals surface area contributed by atoms with Crippen LogP contribution in [0.25, 0.3) is 0 Å². The number of hydrogen-bond acceptors (Lipinski definition) is 1. The second-order valence-electron chi connectivity index (χ2n) is 3.59. The van der Waals surface area contributed by atoms with E-state index in [-0.39, 0.29) is 0 Å². The molecule has 1 aliphatic rings.